The van der Waals surface area contributed by atoms with Crippen molar-refractivity contribution in [2.24, 2.45) is 0 Å². The van der Waals surface area contributed by atoms with E-state index in [0.717, 1.165) is 12.8 Å². The summed E-state index contributed by atoms with van der Waals surface area (Å²) in [4.78, 5) is 0. The highest BCUT2D eigenvalue weighted by Crippen LogP contribution is 1.83. The minimum absolute atomic E-state index is 0.0810. The molecule has 0 radical (unpaired) electrons. The standard InChI is InChI=1S/2C4H10O2/c1-4(6)2-3-5;5-3-1-2-4-6/h4-6H,2-3H2,1H3;5-6H,1-4H2. The monoisotopic (exact) mass is 180 g/mol. The molecule has 12 heavy (non-hydrogen) atoms. The molecule has 4 N–H and O–H groups in total. The lowest BCUT2D eigenvalue weighted by Crippen LogP contribution is -2.00. The van der Waals surface area contributed by atoms with E-state index < -0.39 is 0 Å². The van der Waals surface area contributed by atoms with Crippen LogP contribution in [-0.2, 0) is 0 Å². The zero-order valence-electron chi connectivity index (χ0n) is 7.61. The molecule has 0 aromatic carbocycles. The number of unbranched alkanes of at least 4 members (excludes halogenated alkanes) is 1. The maximum Gasteiger partial charge on any atom is 0.0533 e. The van der Waals surface area contributed by atoms with Gasteiger partial charge in [-0.25, -0.2) is 0 Å². The van der Waals surface area contributed by atoms with Gasteiger partial charge >= 0.3 is 0 Å². The fraction of sp³-hybridized carbons (Fsp3) is 1.00. The molecule has 0 rings (SSSR count). The van der Waals surface area contributed by atoms with Crippen LogP contribution in [0.3, 0.4) is 0 Å². The van der Waals surface area contributed by atoms with Crippen LogP contribution in [0.5, 0.6) is 0 Å². The Morgan fingerprint density at radius 1 is 0.917 bits per heavy atom. The highest BCUT2D eigenvalue weighted by atomic mass is 16.3. The van der Waals surface area contributed by atoms with Gasteiger partial charge in [-0.3, -0.25) is 0 Å². The fourth-order valence-electron chi connectivity index (χ4n) is 0.410. The summed E-state index contributed by atoms with van der Waals surface area (Å²) in [5.41, 5.74) is 0. The second-order valence-electron chi connectivity index (χ2n) is 2.52. The topological polar surface area (TPSA) is 80.9 Å². The Morgan fingerprint density at radius 3 is 1.42 bits per heavy atom. The third kappa shape index (κ3) is 22.5. The first-order chi connectivity index (χ1) is 5.68. The smallest absolute Gasteiger partial charge is 0.0533 e. The van der Waals surface area contributed by atoms with E-state index in [4.69, 9.17) is 20.4 Å². The summed E-state index contributed by atoms with van der Waals surface area (Å²) in [6.07, 6.45) is 1.57. The summed E-state index contributed by atoms with van der Waals surface area (Å²) in [5.74, 6) is 0. The van der Waals surface area contributed by atoms with E-state index in [9.17, 15) is 0 Å². The summed E-state index contributed by atoms with van der Waals surface area (Å²) in [7, 11) is 0. The summed E-state index contributed by atoms with van der Waals surface area (Å²) in [6, 6.07) is 0. The number of rotatable bonds is 5. The number of hydrogen-bond acceptors (Lipinski definition) is 4. The average molecular weight is 180 g/mol. The van der Waals surface area contributed by atoms with Crippen LogP contribution < -0.4 is 0 Å². The van der Waals surface area contributed by atoms with Crippen LogP contribution in [0.25, 0.3) is 0 Å². The minimum Gasteiger partial charge on any atom is -0.396 e. The highest BCUT2D eigenvalue weighted by Gasteiger charge is 1.88. The molecule has 4 nitrogen and oxygen atoms in total. The van der Waals surface area contributed by atoms with Crippen LogP contribution in [0, 0.1) is 0 Å². The summed E-state index contributed by atoms with van der Waals surface area (Å²) < 4.78 is 0. The van der Waals surface area contributed by atoms with Gasteiger partial charge in [0.1, 0.15) is 0 Å². The number of hydrogen-bond donors (Lipinski definition) is 4. The Morgan fingerprint density at radius 2 is 1.33 bits per heavy atom. The Kier molecular flexibility index (Phi) is 16.1. The van der Waals surface area contributed by atoms with E-state index in [1.54, 1.807) is 6.92 Å². The van der Waals surface area contributed by atoms with Crippen molar-refractivity contribution >= 4 is 0 Å². The maximum atomic E-state index is 8.39. The van der Waals surface area contributed by atoms with Gasteiger partial charge in [-0.15, -0.1) is 0 Å². The molecular weight excluding hydrogens is 160 g/mol. The minimum atomic E-state index is -0.352. The van der Waals surface area contributed by atoms with Crippen molar-refractivity contribution in [3.63, 3.8) is 0 Å². The van der Waals surface area contributed by atoms with Gasteiger partial charge in [0.2, 0.25) is 0 Å². The molecule has 4 heteroatoms. The van der Waals surface area contributed by atoms with Crippen LogP contribution in [0.4, 0.5) is 0 Å². The molecule has 0 aromatic rings. The summed E-state index contributed by atoms with van der Waals surface area (Å²) >= 11 is 0. The van der Waals surface area contributed by atoms with Crippen molar-refractivity contribution < 1.29 is 20.4 Å². The van der Waals surface area contributed by atoms with Gasteiger partial charge in [0.25, 0.3) is 0 Å². The van der Waals surface area contributed by atoms with E-state index in [-0.39, 0.29) is 25.9 Å². The molecule has 1 atom stereocenters. The van der Waals surface area contributed by atoms with Crippen molar-refractivity contribution in [1.82, 2.24) is 0 Å². The van der Waals surface area contributed by atoms with Crippen LogP contribution in [0.15, 0.2) is 0 Å². The Hall–Kier alpha value is -0.160. The van der Waals surface area contributed by atoms with Crippen LogP contribution in [0.1, 0.15) is 26.2 Å². The molecule has 0 aliphatic carbocycles. The molecular formula is C8H20O4. The van der Waals surface area contributed by atoms with Gasteiger partial charge in [-0.1, -0.05) is 0 Å². The maximum absolute atomic E-state index is 8.39. The van der Waals surface area contributed by atoms with Crippen LogP contribution in [0.2, 0.25) is 0 Å². The van der Waals surface area contributed by atoms with Gasteiger partial charge in [0.05, 0.1) is 6.10 Å². The first-order valence-electron chi connectivity index (χ1n) is 4.19. The van der Waals surface area contributed by atoms with Crippen molar-refractivity contribution in [3.05, 3.63) is 0 Å². The second-order valence-corrected chi connectivity index (χ2v) is 2.52. The summed E-state index contributed by atoms with van der Waals surface area (Å²) in [5, 5.41) is 32.6. The Bertz CT molecular complexity index is 62.1. The van der Waals surface area contributed by atoms with Gasteiger partial charge in [-0.05, 0) is 26.2 Å². The molecule has 0 amide bonds. The number of aliphatic hydroxyl groups excluding tert-OH is 4. The lowest BCUT2D eigenvalue weighted by molar-refractivity contribution is 0.148. The zero-order chi connectivity index (χ0) is 9.82. The molecule has 0 spiro atoms. The van der Waals surface area contributed by atoms with Crippen molar-refractivity contribution in [2.75, 3.05) is 19.8 Å². The van der Waals surface area contributed by atoms with Gasteiger partial charge in [-0.2, -0.15) is 0 Å². The molecule has 0 fully saturated rings. The van der Waals surface area contributed by atoms with E-state index in [1.807, 2.05) is 0 Å². The third-order valence-corrected chi connectivity index (χ3v) is 1.11. The third-order valence-electron chi connectivity index (χ3n) is 1.11. The van der Waals surface area contributed by atoms with E-state index in [0.29, 0.717) is 6.42 Å². The van der Waals surface area contributed by atoms with Crippen molar-refractivity contribution in [3.8, 4) is 0 Å². The van der Waals surface area contributed by atoms with Crippen LogP contribution in [-0.4, -0.2) is 46.4 Å². The molecule has 76 valence electrons. The van der Waals surface area contributed by atoms with Gasteiger partial charge in [0, 0.05) is 19.8 Å². The predicted molar refractivity (Wildman–Crippen MR) is 46.8 cm³/mol. The van der Waals surface area contributed by atoms with Crippen molar-refractivity contribution in [2.45, 2.75) is 32.3 Å². The molecule has 0 aromatic heterocycles. The molecule has 1 unspecified atom stereocenters. The van der Waals surface area contributed by atoms with Crippen molar-refractivity contribution in [1.29, 1.82) is 0 Å². The molecule has 0 saturated carbocycles. The highest BCUT2D eigenvalue weighted by molar-refractivity contribution is 4.40. The predicted octanol–water partition coefficient (Wildman–Crippen LogP) is -0.499. The first-order valence-corrected chi connectivity index (χ1v) is 4.19. The fourth-order valence-corrected chi connectivity index (χ4v) is 0.410. The quantitative estimate of drug-likeness (QED) is 0.430. The first kappa shape index (κ1) is 14.4. The molecule has 0 aliphatic rings. The lowest BCUT2D eigenvalue weighted by atomic mass is 10.3. The van der Waals surface area contributed by atoms with Gasteiger partial charge < -0.3 is 20.4 Å². The molecule has 0 heterocycles. The summed E-state index contributed by atoms with van der Waals surface area (Å²) in [6.45, 7) is 2.12. The Balaban J connectivity index is 0. The van der Waals surface area contributed by atoms with Crippen LogP contribution >= 0.6 is 0 Å². The normalized spacial score (nSPS) is 11.8. The molecule has 0 saturated heterocycles. The lowest BCUT2D eigenvalue weighted by Gasteiger charge is -1.95. The van der Waals surface area contributed by atoms with Gasteiger partial charge in [0.15, 0.2) is 0 Å². The Labute approximate surface area is 73.5 Å². The SMILES string of the molecule is CC(O)CCO.OCCCCO. The van der Waals surface area contributed by atoms with E-state index >= 15 is 0 Å². The average Bonchev–Trinajstić information content (AvgIpc) is 2.02. The number of aliphatic hydroxyl groups is 4. The van der Waals surface area contributed by atoms with E-state index in [2.05, 4.69) is 0 Å². The zero-order valence-corrected chi connectivity index (χ0v) is 7.61. The van der Waals surface area contributed by atoms with E-state index in [1.165, 1.54) is 0 Å². The molecule has 0 bridgehead atoms. The largest absolute Gasteiger partial charge is 0.396 e. The second kappa shape index (κ2) is 13.4. The molecule has 0 aliphatic heterocycles.